The van der Waals surface area contributed by atoms with Crippen molar-refractivity contribution in [3.63, 3.8) is 0 Å². The maximum Gasteiger partial charge on any atom is 0.104 e. The Morgan fingerprint density at radius 3 is 2.38 bits per heavy atom. The lowest BCUT2D eigenvalue weighted by Gasteiger charge is -2.18. The summed E-state index contributed by atoms with van der Waals surface area (Å²) in [5, 5.41) is 1.91. The molecule has 0 atom stereocenters. The molecule has 0 aliphatic rings. The van der Waals surface area contributed by atoms with Gasteiger partial charge < -0.3 is 0 Å². The molecule has 0 aliphatic carbocycles. The van der Waals surface area contributed by atoms with Gasteiger partial charge in [-0.3, -0.25) is 0 Å². The van der Waals surface area contributed by atoms with Crippen LogP contribution in [-0.2, 0) is 5.33 Å². The average molecular weight is 366 g/mol. The molecule has 0 unspecified atom stereocenters. The fraction of sp³-hybridized carbons (Fsp3) is 0.389. The molecule has 21 heavy (non-hydrogen) atoms. The fourth-order valence-electron chi connectivity index (χ4n) is 1.54. The third-order valence-electron chi connectivity index (χ3n) is 3.30. The first-order valence-electron chi connectivity index (χ1n) is 6.92. The second-order valence-corrected chi connectivity index (χ2v) is 7.99. The van der Waals surface area contributed by atoms with Crippen LogP contribution in [0.4, 0.5) is 0 Å². The predicted octanol–water partition coefficient (Wildman–Crippen LogP) is 6.46. The zero-order valence-corrected chi connectivity index (χ0v) is 16.0. The number of aromatic nitrogens is 1. The molecule has 0 bridgehead atoms. The van der Waals surface area contributed by atoms with Crippen molar-refractivity contribution in [3.8, 4) is 0 Å². The van der Waals surface area contributed by atoms with E-state index in [1.54, 1.807) is 11.3 Å². The maximum atomic E-state index is 4.60. The highest BCUT2D eigenvalue weighted by molar-refractivity contribution is 9.08. The van der Waals surface area contributed by atoms with Crippen LogP contribution in [0.15, 0.2) is 42.0 Å². The van der Waals surface area contributed by atoms with Crippen molar-refractivity contribution in [2.75, 3.05) is 0 Å². The molecule has 0 aromatic carbocycles. The molecule has 3 heteroatoms. The number of thiazole rings is 1. The number of hydrogen-bond acceptors (Lipinski definition) is 2. The smallest absolute Gasteiger partial charge is 0.104 e. The van der Waals surface area contributed by atoms with E-state index in [-0.39, 0.29) is 5.41 Å². The summed E-state index contributed by atoms with van der Waals surface area (Å²) >= 11 is 5.17. The first-order valence-corrected chi connectivity index (χ1v) is 8.86. The molecule has 0 N–H and O–H groups in total. The Balaban J connectivity index is 2.87. The van der Waals surface area contributed by atoms with Gasteiger partial charge in [0.15, 0.2) is 0 Å². The molecule has 0 radical (unpaired) electrons. The molecule has 1 nitrogen and oxygen atoms in total. The molecule has 1 heterocycles. The Kier molecular flexibility index (Phi) is 6.36. The minimum absolute atomic E-state index is 0.0880. The highest BCUT2D eigenvalue weighted by Gasteiger charge is 2.12. The summed E-state index contributed by atoms with van der Waals surface area (Å²) in [5.74, 6) is 0. The van der Waals surface area contributed by atoms with Gasteiger partial charge in [-0.2, -0.15) is 0 Å². The number of aryl methyl sites for hydroxylation is 1. The zero-order chi connectivity index (χ0) is 16.2. The number of rotatable bonds is 5. The third-order valence-corrected chi connectivity index (χ3v) is 5.19. The second kappa shape index (κ2) is 7.37. The SMILES string of the molecule is C=C(C=CC(=C)C(C)(C)C)C(C)=Cc1nc(CBr)sc1C. The number of alkyl halides is 1. The summed E-state index contributed by atoms with van der Waals surface area (Å²) in [4.78, 5) is 5.83. The van der Waals surface area contributed by atoms with Crippen LogP contribution < -0.4 is 0 Å². The molecule has 0 spiro atoms. The van der Waals surface area contributed by atoms with E-state index in [0.717, 1.165) is 32.8 Å². The van der Waals surface area contributed by atoms with E-state index in [9.17, 15) is 0 Å². The molecule has 0 amide bonds. The van der Waals surface area contributed by atoms with E-state index in [0.29, 0.717) is 0 Å². The predicted molar refractivity (Wildman–Crippen MR) is 100 cm³/mol. The third kappa shape index (κ3) is 5.40. The van der Waals surface area contributed by atoms with Crippen molar-refractivity contribution in [2.45, 2.75) is 39.9 Å². The first kappa shape index (κ1) is 18.1. The van der Waals surface area contributed by atoms with Gasteiger partial charge >= 0.3 is 0 Å². The summed E-state index contributed by atoms with van der Waals surface area (Å²) in [6, 6.07) is 0. The number of allylic oxidation sites excluding steroid dienone is 5. The molecule has 0 saturated carbocycles. The lowest BCUT2D eigenvalue weighted by Crippen LogP contribution is -2.05. The lowest BCUT2D eigenvalue weighted by molar-refractivity contribution is 0.519. The number of halogens is 1. The van der Waals surface area contributed by atoms with Crippen LogP contribution in [0.2, 0.25) is 0 Å². The summed E-state index contributed by atoms with van der Waals surface area (Å²) < 4.78 is 0. The molecular weight excluding hydrogens is 342 g/mol. The normalized spacial score (nSPS) is 13.0. The summed E-state index contributed by atoms with van der Waals surface area (Å²) in [6.45, 7) is 18.9. The van der Waals surface area contributed by atoms with Gasteiger partial charge in [0.25, 0.3) is 0 Å². The quantitative estimate of drug-likeness (QED) is 0.430. The Morgan fingerprint density at radius 2 is 1.90 bits per heavy atom. The van der Waals surface area contributed by atoms with E-state index < -0.39 is 0 Å². The van der Waals surface area contributed by atoms with Crippen molar-refractivity contribution in [2.24, 2.45) is 5.41 Å². The van der Waals surface area contributed by atoms with E-state index in [2.05, 4.69) is 80.8 Å². The van der Waals surface area contributed by atoms with E-state index in [1.165, 1.54) is 4.88 Å². The van der Waals surface area contributed by atoms with Gasteiger partial charge in [-0.1, -0.05) is 62.0 Å². The minimum atomic E-state index is 0.0880. The molecule has 1 aromatic rings. The van der Waals surface area contributed by atoms with Gasteiger partial charge in [-0.15, -0.1) is 11.3 Å². The van der Waals surface area contributed by atoms with Crippen LogP contribution >= 0.6 is 27.3 Å². The minimum Gasteiger partial charge on any atom is -0.241 e. The lowest BCUT2D eigenvalue weighted by atomic mass is 9.87. The van der Waals surface area contributed by atoms with Crippen molar-refractivity contribution in [1.82, 2.24) is 4.98 Å². The van der Waals surface area contributed by atoms with Crippen LogP contribution in [-0.4, -0.2) is 4.98 Å². The summed E-state index contributed by atoms with van der Waals surface area (Å²) in [5.41, 5.74) is 4.35. The molecule has 0 fully saturated rings. The molecule has 1 aromatic heterocycles. The van der Waals surface area contributed by atoms with E-state index in [1.807, 2.05) is 6.08 Å². The van der Waals surface area contributed by atoms with Crippen LogP contribution in [0.3, 0.4) is 0 Å². The van der Waals surface area contributed by atoms with Crippen LogP contribution in [0.1, 0.15) is 43.3 Å². The summed E-state index contributed by atoms with van der Waals surface area (Å²) in [7, 11) is 0. The first-order chi connectivity index (χ1) is 9.65. The van der Waals surface area contributed by atoms with Crippen molar-refractivity contribution in [3.05, 3.63) is 57.6 Å². The van der Waals surface area contributed by atoms with E-state index >= 15 is 0 Å². The molecule has 0 saturated heterocycles. The second-order valence-electron chi connectivity index (χ2n) is 6.14. The Labute approximate surface area is 141 Å². The number of nitrogens with zero attached hydrogens (tertiary/aromatic N) is 1. The topological polar surface area (TPSA) is 12.9 Å². The van der Waals surface area contributed by atoms with Gasteiger partial charge in [-0.05, 0) is 42.1 Å². The standard InChI is InChI=1S/C18H24BrNS/c1-12(8-9-14(3)18(5,6)7)13(2)10-16-15(4)21-17(11-19)20-16/h8-10H,1,3,11H2,2,4-7H3. The monoisotopic (exact) mass is 365 g/mol. The largest absolute Gasteiger partial charge is 0.241 e. The highest BCUT2D eigenvalue weighted by Crippen LogP contribution is 2.26. The maximum absolute atomic E-state index is 4.60. The molecule has 1 rings (SSSR count). The highest BCUT2D eigenvalue weighted by atomic mass is 79.9. The van der Waals surface area contributed by atoms with Crippen molar-refractivity contribution in [1.29, 1.82) is 0 Å². The number of hydrogen-bond donors (Lipinski definition) is 0. The van der Waals surface area contributed by atoms with Gasteiger partial charge in [0.05, 0.1) is 11.0 Å². The van der Waals surface area contributed by atoms with Gasteiger partial charge in [0.1, 0.15) is 5.01 Å². The van der Waals surface area contributed by atoms with Crippen molar-refractivity contribution < 1.29 is 0 Å². The van der Waals surface area contributed by atoms with Crippen LogP contribution in [0.5, 0.6) is 0 Å². The van der Waals surface area contributed by atoms with Crippen molar-refractivity contribution >= 4 is 33.3 Å². The Hall–Kier alpha value is -0.930. The molecule has 114 valence electrons. The van der Waals surface area contributed by atoms with Gasteiger partial charge in [-0.25, -0.2) is 4.98 Å². The van der Waals surface area contributed by atoms with Crippen LogP contribution in [0, 0.1) is 12.3 Å². The fourth-order valence-corrected chi connectivity index (χ4v) is 2.77. The molecule has 0 aliphatic heterocycles. The van der Waals surface area contributed by atoms with Crippen LogP contribution in [0.25, 0.3) is 6.08 Å². The Morgan fingerprint density at radius 1 is 1.29 bits per heavy atom. The van der Waals surface area contributed by atoms with Gasteiger partial charge in [0, 0.05) is 4.88 Å². The average Bonchev–Trinajstić information content (AvgIpc) is 2.75. The van der Waals surface area contributed by atoms with Gasteiger partial charge in [0.2, 0.25) is 0 Å². The van der Waals surface area contributed by atoms with E-state index in [4.69, 9.17) is 0 Å². The summed E-state index contributed by atoms with van der Waals surface area (Å²) in [6.07, 6.45) is 6.19. The zero-order valence-electron chi connectivity index (χ0n) is 13.6. The molecular formula is C18H24BrNS. The Bertz CT molecular complexity index is 597.